The minimum Gasteiger partial charge on any atom is -0.385 e. The van der Waals surface area contributed by atoms with E-state index < -0.39 is 5.60 Å². The van der Waals surface area contributed by atoms with Gasteiger partial charge in [-0.25, -0.2) is 0 Å². The normalized spacial score (nSPS) is 25.4. The Bertz CT molecular complexity index is 392. The van der Waals surface area contributed by atoms with Gasteiger partial charge in [0.15, 0.2) is 0 Å². The van der Waals surface area contributed by atoms with Gasteiger partial charge in [0.2, 0.25) is 0 Å². The number of aryl methyl sites for hydroxylation is 1. The summed E-state index contributed by atoms with van der Waals surface area (Å²) in [5.41, 5.74) is 1.37. The van der Waals surface area contributed by atoms with E-state index >= 15 is 0 Å². The fourth-order valence-electron chi connectivity index (χ4n) is 2.38. The number of halogens is 1. The van der Waals surface area contributed by atoms with Crippen LogP contribution in [0.4, 0.5) is 0 Å². The summed E-state index contributed by atoms with van der Waals surface area (Å²) in [5.74, 6) is 0. The Morgan fingerprint density at radius 1 is 1.33 bits per heavy atom. The van der Waals surface area contributed by atoms with Crippen molar-refractivity contribution in [1.29, 1.82) is 0 Å². The van der Waals surface area contributed by atoms with E-state index in [1.165, 1.54) is 5.56 Å². The van der Waals surface area contributed by atoms with Gasteiger partial charge in [-0.05, 0) is 41.5 Å². The zero-order chi connectivity index (χ0) is 11.3. The smallest absolute Gasteiger partial charge is 0.0950 e. The highest BCUT2D eigenvalue weighted by Gasteiger charge is 2.45. The molecule has 1 aliphatic rings. The van der Waals surface area contributed by atoms with Crippen LogP contribution in [0.3, 0.4) is 0 Å². The Hall–Kier alpha value is -0.530. The lowest BCUT2D eigenvalue weighted by Gasteiger charge is -2.38. The first-order chi connectivity index (χ1) is 6.84. The third kappa shape index (κ3) is 1.58. The second-order valence-corrected chi connectivity index (χ2v) is 5.85. The van der Waals surface area contributed by atoms with Gasteiger partial charge in [0.25, 0.3) is 0 Å². The summed E-state index contributed by atoms with van der Waals surface area (Å²) in [7, 11) is 0. The fraction of sp³-hybridized carbons (Fsp3) is 0.538. The molecule has 1 N–H and O–H groups in total. The average molecular weight is 225 g/mol. The average Bonchev–Trinajstić information content (AvgIpc) is 2.44. The molecule has 1 aromatic carbocycles. The van der Waals surface area contributed by atoms with Crippen LogP contribution >= 0.6 is 11.6 Å². The summed E-state index contributed by atoms with van der Waals surface area (Å²) in [6, 6.07) is 5.84. The van der Waals surface area contributed by atoms with Crippen LogP contribution < -0.4 is 0 Å². The number of aliphatic hydroxyl groups is 1. The van der Waals surface area contributed by atoms with Crippen molar-refractivity contribution < 1.29 is 5.11 Å². The summed E-state index contributed by atoms with van der Waals surface area (Å²) in [4.78, 5) is 0. The zero-order valence-corrected chi connectivity index (χ0v) is 10.2. The van der Waals surface area contributed by atoms with E-state index in [0.29, 0.717) is 5.02 Å². The van der Waals surface area contributed by atoms with Crippen LogP contribution in [0.25, 0.3) is 0 Å². The van der Waals surface area contributed by atoms with Gasteiger partial charge < -0.3 is 5.11 Å². The van der Waals surface area contributed by atoms with Crippen LogP contribution in [0, 0.1) is 5.41 Å². The van der Waals surface area contributed by atoms with Gasteiger partial charge in [-0.2, -0.15) is 0 Å². The van der Waals surface area contributed by atoms with Crippen LogP contribution in [0.2, 0.25) is 5.02 Å². The lowest BCUT2D eigenvalue weighted by Crippen LogP contribution is -2.37. The van der Waals surface area contributed by atoms with E-state index in [2.05, 4.69) is 20.8 Å². The van der Waals surface area contributed by atoms with Crippen LogP contribution in [0.1, 0.15) is 38.3 Å². The molecule has 2 rings (SSSR count). The van der Waals surface area contributed by atoms with Gasteiger partial charge >= 0.3 is 0 Å². The molecular weight excluding hydrogens is 208 g/mol. The lowest BCUT2D eigenvalue weighted by molar-refractivity contribution is -0.0622. The largest absolute Gasteiger partial charge is 0.385 e. The van der Waals surface area contributed by atoms with Crippen molar-refractivity contribution in [2.45, 2.75) is 39.2 Å². The van der Waals surface area contributed by atoms with E-state index in [-0.39, 0.29) is 5.41 Å². The van der Waals surface area contributed by atoms with Gasteiger partial charge in [-0.15, -0.1) is 0 Å². The molecule has 0 bridgehead atoms. The van der Waals surface area contributed by atoms with Gasteiger partial charge in [-0.1, -0.05) is 38.4 Å². The summed E-state index contributed by atoms with van der Waals surface area (Å²) < 4.78 is 0. The van der Waals surface area contributed by atoms with Gasteiger partial charge in [-0.3, -0.25) is 0 Å². The number of hydrogen-bond donors (Lipinski definition) is 1. The third-order valence-corrected chi connectivity index (χ3v) is 3.75. The summed E-state index contributed by atoms with van der Waals surface area (Å²) in [5, 5.41) is 11.5. The predicted octanol–water partition coefficient (Wildman–Crippen LogP) is 3.52. The minimum atomic E-state index is -0.729. The van der Waals surface area contributed by atoms with Crippen LogP contribution in [-0.2, 0) is 12.0 Å². The molecule has 0 fully saturated rings. The summed E-state index contributed by atoms with van der Waals surface area (Å²) >= 11 is 5.99. The number of fused-ring (bicyclic) bond motifs is 1. The molecule has 0 saturated heterocycles. The fourth-order valence-corrected chi connectivity index (χ4v) is 2.55. The highest BCUT2D eigenvalue weighted by molar-refractivity contribution is 6.30. The molecule has 0 radical (unpaired) electrons. The van der Waals surface area contributed by atoms with Crippen LogP contribution in [0.5, 0.6) is 0 Å². The first-order valence-corrected chi connectivity index (χ1v) is 5.74. The molecule has 0 spiro atoms. The standard InChI is InChI=1S/C13H17ClO/c1-12(2,3)13(15)7-6-9-4-5-10(14)8-11(9)13/h4-5,8,15H,6-7H2,1-3H3. The maximum absolute atomic E-state index is 10.7. The maximum atomic E-state index is 10.7. The predicted molar refractivity (Wildman–Crippen MR) is 63.1 cm³/mol. The molecule has 1 aliphatic carbocycles. The van der Waals surface area contributed by atoms with Crippen molar-refractivity contribution >= 4 is 11.6 Å². The zero-order valence-electron chi connectivity index (χ0n) is 9.47. The molecule has 15 heavy (non-hydrogen) atoms. The molecule has 1 aromatic rings. The molecule has 82 valence electrons. The van der Waals surface area contributed by atoms with E-state index in [4.69, 9.17) is 11.6 Å². The van der Waals surface area contributed by atoms with E-state index in [9.17, 15) is 5.11 Å². The van der Waals surface area contributed by atoms with Crippen LogP contribution in [0.15, 0.2) is 18.2 Å². The highest BCUT2D eigenvalue weighted by atomic mass is 35.5. The molecule has 1 atom stereocenters. The first kappa shape index (κ1) is 11.0. The molecule has 2 heteroatoms. The number of hydrogen-bond acceptors (Lipinski definition) is 1. The van der Waals surface area contributed by atoms with E-state index in [1.54, 1.807) is 0 Å². The molecule has 1 nitrogen and oxygen atoms in total. The van der Waals surface area contributed by atoms with Gasteiger partial charge in [0.05, 0.1) is 5.60 Å². The molecular formula is C13H17ClO. The van der Waals surface area contributed by atoms with Gasteiger partial charge in [0.1, 0.15) is 0 Å². The SMILES string of the molecule is CC(C)(C)C1(O)CCc2ccc(Cl)cc21. The Balaban J connectivity index is 2.56. The van der Waals surface area contributed by atoms with Crippen molar-refractivity contribution in [3.05, 3.63) is 34.3 Å². The Labute approximate surface area is 96.1 Å². The first-order valence-electron chi connectivity index (χ1n) is 5.36. The molecule has 0 aliphatic heterocycles. The minimum absolute atomic E-state index is 0.150. The van der Waals surface area contributed by atoms with Crippen molar-refractivity contribution in [3.63, 3.8) is 0 Å². The molecule has 1 unspecified atom stereocenters. The van der Waals surface area contributed by atoms with Crippen LogP contribution in [-0.4, -0.2) is 5.11 Å². The Morgan fingerprint density at radius 2 is 2.00 bits per heavy atom. The summed E-state index contributed by atoms with van der Waals surface area (Å²) in [6.07, 6.45) is 1.74. The quantitative estimate of drug-likeness (QED) is 0.715. The van der Waals surface area contributed by atoms with E-state index in [1.807, 2.05) is 18.2 Å². The molecule has 0 saturated carbocycles. The lowest BCUT2D eigenvalue weighted by atomic mass is 9.73. The van der Waals surface area contributed by atoms with Gasteiger partial charge in [0, 0.05) is 5.02 Å². The molecule has 0 aromatic heterocycles. The molecule has 0 amide bonds. The maximum Gasteiger partial charge on any atom is 0.0950 e. The second-order valence-electron chi connectivity index (χ2n) is 5.41. The van der Waals surface area contributed by atoms with Crippen molar-refractivity contribution in [1.82, 2.24) is 0 Å². The summed E-state index contributed by atoms with van der Waals surface area (Å²) in [6.45, 7) is 6.22. The van der Waals surface area contributed by atoms with E-state index in [0.717, 1.165) is 18.4 Å². The topological polar surface area (TPSA) is 20.2 Å². The molecule has 0 heterocycles. The monoisotopic (exact) mass is 224 g/mol. The Kier molecular flexibility index (Phi) is 2.36. The highest BCUT2D eigenvalue weighted by Crippen LogP contribution is 2.48. The van der Waals surface area contributed by atoms with Crippen molar-refractivity contribution in [2.75, 3.05) is 0 Å². The Morgan fingerprint density at radius 3 is 2.60 bits per heavy atom. The third-order valence-electron chi connectivity index (χ3n) is 3.51. The number of benzene rings is 1. The van der Waals surface area contributed by atoms with Crippen molar-refractivity contribution in [3.8, 4) is 0 Å². The van der Waals surface area contributed by atoms with Crippen molar-refractivity contribution in [2.24, 2.45) is 5.41 Å². The second kappa shape index (κ2) is 3.23. The number of rotatable bonds is 0.